The van der Waals surface area contributed by atoms with E-state index in [0.29, 0.717) is 5.69 Å². The van der Waals surface area contributed by atoms with Gasteiger partial charge in [0.05, 0.1) is 24.0 Å². The predicted molar refractivity (Wildman–Crippen MR) is 55.2 cm³/mol. The van der Waals surface area contributed by atoms with Crippen LogP contribution in [0.3, 0.4) is 0 Å². The second-order valence-electron chi connectivity index (χ2n) is 2.76. The van der Waals surface area contributed by atoms with Gasteiger partial charge in [-0.05, 0) is 6.07 Å². The topological polar surface area (TPSA) is 111 Å². The van der Waals surface area contributed by atoms with E-state index in [4.69, 9.17) is 23.1 Å². The van der Waals surface area contributed by atoms with Gasteiger partial charge in [0, 0.05) is 0 Å². The number of amides is 2. The third-order valence-corrected chi connectivity index (χ3v) is 1.83. The summed E-state index contributed by atoms with van der Waals surface area (Å²) in [6, 6.07) is 1.37. The molecular weight excluding hydrogens is 220 g/mol. The van der Waals surface area contributed by atoms with Gasteiger partial charge in [0.1, 0.15) is 5.15 Å². The molecule has 15 heavy (non-hydrogen) atoms. The van der Waals surface area contributed by atoms with Crippen molar-refractivity contribution in [2.45, 2.75) is 0 Å². The molecule has 2 amide bonds. The number of hydrogen-bond donors (Lipinski definition) is 3. The number of hydrogen-bond acceptors (Lipinski definition) is 4. The summed E-state index contributed by atoms with van der Waals surface area (Å²) in [5, 5.41) is 2.29. The maximum absolute atomic E-state index is 11.4. The first-order valence-electron chi connectivity index (χ1n) is 3.98. The third kappa shape index (κ3) is 3.10. The number of primary amides is 1. The van der Waals surface area contributed by atoms with Crippen LogP contribution in [0.1, 0.15) is 10.4 Å². The van der Waals surface area contributed by atoms with E-state index in [1.165, 1.54) is 12.3 Å². The van der Waals surface area contributed by atoms with Crippen LogP contribution >= 0.6 is 11.6 Å². The summed E-state index contributed by atoms with van der Waals surface area (Å²) in [6.45, 7) is -0.260. The summed E-state index contributed by atoms with van der Waals surface area (Å²) < 4.78 is 0. The Morgan fingerprint density at radius 2 is 2.20 bits per heavy atom. The van der Waals surface area contributed by atoms with Crippen LogP contribution in [-0.4, -0.2) is 23.3 Å². The highest BCUT2D eigenvalue weighted by molar-refractivity contribution is 6.32. The van der Waals surface area contributed by atoms with Crippen LogP contribution in [0.2, 0.25) is 5.15 Å². The van der Waals surface area contributed by atoms with Crippen molar-refractivity contribution in [3.05, 3.63) is 23.0 Å². The quantitative estimate of drug-likeness (QED) is 0.608. The Morgan fingerprint density at radius 3 is 2.80 bits per heavy atom. The van der Waals surface area contributed by atoms with Crippen LogP contribution in [0.5, 0.6) is 0 Å². The van der Waals surface area contributed by atoms with Crippen molar-refractivity contribution in [2.24, 2.45) is 5.73 Å². The van der Waals surface area contributed by atoms with Crippen molar-refractivity contribution >= 4 is 29.1 Å². The minimum absolute atomic E-state index is 0.0196. The Kier molecular flexibility index (Phi) is 3.46. The number of nitrogen functional groups attached to an aromatic ring is 1. The fraction of sp³-hybridized carbons (Fsp3) is 0.125. The second-order valence-corrected chi connectivity index (χ2v) is 3.11. The molecule has 0 atom stereocenters. The largest absolute Gasteiger partial charge is 0.397 e. The molecule has 0 radical (unpaired) electrons. The maximum atomic E-state index is 11.4. The predicted octanol–water partition coefficient (Wildman–Crippen LogP) is -0.468. The number of anilines is 1. The summed E-state index contributed by atoms with van der Waals surface area (Å²) in [4.78, 5) is 25.5. The van der Waals surface area contributed by atoms with Crippen LogP contribution in [-0.2, 0) is 4.79 Å². The highest BCUT2D eigenvalue weighted by Crippen LogP contribution is 2.14. The Balaban J connectivity index is 2.81. The number of nitrogens with zero attached hydrogens (tertiary/aromatic N) is 1. The SMILES string of the molecule is NC(=O)CNC(=O)c1cc(N)cnc1Cl. The normalized spacial score (nSPS) is 9.67. The first-order chi connectivity index (χ1) is 7.00. The zero-order valence-electron chi connectivity index (χ0n) is 7.66. The van der Waals surface area contributed by atoms with Gasteiger partial charge in [0.2, 0.25) is 5.91 Å². The van der Waals surface area contributed by atoms with Gasteiger partial charge in [-0.25, -0.2) is 4.98 Å². The van der Waals surface area contributed by atoms with Crippen LogP contribution in [0, 0.1) is 0 Å². The van der Waals surface area contributed by atoms with E-state index in [0.717, 1.165) is 0 Å². The van der Waals surface area contributed by atoms with Crippen molar-refractivity contribution in [3.63, 3.8) is 0 Å². The molecule has 80 valence electrons. The molecule has 0 spiro atoms. The number of aromatic nitrogens is 1. The van der Waals surface area contributed by atoms with Gasteiger partial charge in [-0.3, -0.25) is 9.59 Å². The third-order valence-electron chi connectivity index (χ3n) is 1.53. The molecule has 1 aromatic rings. The average Bonchev–Trinajstić information content (AvgIpc) is 2.18. The number of halogens is 1. The molecule has 7 heteroatoms. The second kappa shape index (κ2) is 4.61. The molecule has 0 aliphatic heterocycles. The Bertz CT molecular complexity index is 408. The van der Waals surface area contributed by atoms with Gasteiger partial charge < -0.3 is 16.8 Å². The maximum Gasteiger partial charge on any atom is 0.254 e. The van der Waals surface area contributed by atoms with Crippen molar-refractivity contribution in [3.8, 4) is 0 Å². The van der Waals surface area contributed by atoms with Crippen LogP contribution in [0.25, 0.3) is 0 Å². The lowest BCUT2D eigenvalue weighted by Crippen LogP contribution is -2.33. The van der Waals surface area contributed by atoms with E-state index in [2.05, 4.69) is 10.3 Å². The molecule has 0 saturated heterocycles. The summed E-state index contributed by atoms with van der Waals surface area (Å²) in [5.41, 5.74) is 10.7. The van der Waals surface area contributed by atoms with E-state index in [1.54, 1.807) is 0 Å². The Labute approximate surface area is 90.6 Å². The first-order valence-corrected chi connectivity index (χ1v) is 4.36. The van der Waals surface area contributed by atoms with Gasteiger partial charge in [-0.15, -0.1) is 0 Å². The van der Waals surface area contributed by atoms with Gasteiger partial charge in [-0.1, -0.05) is 11.6 Å². The number of carbonyl (C=O) groups excluding carboxylic acids is 2. The Morgan fingerprint density at radius 1 is 1.53 bits per heavy atom. The lowest BCUT2D eigenvalue weighted by molar-refractivity contribution is -0.117. The number of carbonyl (C=O) groups is 2. The molecule has 1 rings (SSSR count). The molecule has 0 aliphatic carbocycles. The van der Waals surface area contributed by atoms with Gasteiger partial charge in [0.15, 0.2) is 0 Å². The lowest BCUT2D eigenvalue weighted by Gasteiger charge is -2.04. The first kappa shape index (κ1) is 11.3. The highest BCUT2D eigenvalue weighted by atomic mass is 35.5. The summed E-state index contributed by atoms with van der Waals surface area (Å²) in [7, 11) is 0. The zero-order valence-corrected chi connectivity index (χ0v) is 8.41. The monoisotopic (exact) mass is 228 g/mol. The van der Waals surface area contributed by atoms with E-state index in [1.807, 2.05) is 0 Å². The number of rotatable bonds is 3. The fourth-order valence-corrected chi connectivity index (χ4v) is 1.08. The van der Waals surface area contributed by atoms with Gasteiger partial charge >= 0.3 is 0 Å². The molecule has 0 fully saturated rings. The lowest BCUT2D eigenvalue weighted by atomic mass is 10.2. The molecule has 1 heterocycles. The van der Waals surface area contributed by atoms with Crippen molar-refractivity contribution in [1.29, 1.82) is 0 Å². The molecule has 0 bridgehead atoms. The molecule has 6 nitrogen and oxygen atoms in total. The number of nitrogens with one attached hydrogen (secondary N) is 1. The molecule has 0 unspecified atom stereocenters. The molecular formula is C8H9ClN4O2. The standard InChI is InChI=1S/C8H9ClN4O2/c9-7-5(1-4(10)2-12-7)8(15)13-3-6(11)14/h1-2H,3,10H2,(H2,11,14)(H,13,15). The van der Waals surface area contributed by atoms with Crippen molar-refractivity contribution in [2.75, 3.05) is 12.3 Å². The molecule has 0 aromatic carbocycles. The van der Waals surface area contributed by atoms with E-state index in [9.17, 15) is 9.59 Å². The minimum atomic E-state index is -0.642. The van der Waals surface area contributed by atoms with Crippen molar-refractivity contribution < 1.29 is 9.59 Å². The smallest absolute Gasteiger partial charge is 0.254 e. The molecule has 5 N–H and O–H groups in total. The van der Waals surface area contributed by atoms with Gasteiger partial charge in [-0.2, -0.15) is 0 Å². The van der Waals surface area contributed by atoms with E-state index in [-0.39, 0.29) is 17.3 Å². The number of nitrogens with two attached hydrogens (primary N) is 2. The molecule has 0 aliphatic rings. The summed E-state index contributed by atoms with van der Waals surface area (Å²) in [5.74, 6) is -1.19. The fourth-order valence-electron chi connectivity index (χ4n) is 0.886. The highest BCUT2D eigenvalue weighted by Gasteiger charge is 2.11. The summed E-state index contributed by atoms with van der Waals surface area (Å²) in [6.07, 6.45) is 1.33. The number of pyridine rings is 1. The van der Waals surface area contributed by atoms with Crippen LogP contribution < -0.4 is 16.8 Å². The minimum Gasteiger partial charge on any atom is -0.397 e. The zero-order chi connectivity index (χ0) is 11.4. The molecule has 0 saturated carbocycles. The average molecular weight is 229 g/mol. The summed E-state index contributed by atoms with van der Waals surface area (Å²) >= 11 is 5.66. The van der Waals surface area contributed by atoms with E-state index < -0.39 is 11.8 Å². The van der Waals surface area contributed by atoms with Crippen molar-refractivity contribution in [1.82, 2.24) is 10.3 Å². The molecule has 1 aromatic heterocycles. The van der Waals surface area contributed by atoms with E-state index >= 15 is 0 Å². The van der Waals surface area contributed by atoms with Crippen LogP contribution in [0.15, 0.2) is 12.3 Å². The Hall–Kier alpha value is -1.82. The van der Waals surface area contributed by atoms with Gasteiger partial charge in [0.25, 0.3) is 5.91 Å². The van der Waals surface area contributed by atoms with Crippen LogP contribution in [0.4, 0.5) is 5.69 Å².